The van der Waals surface area contributed by atoms with E-state index in [0.29, 0.717) is 23.8 Å². The molecule has 128 valence electrons. The van der Waals surface area contributed by atoms with Crippen LogP contribution in [0.1, 0.15) is 12.0 Å². The molecule has 0 spiro atoms. The lowest BCUT2D eigenvalue weighted by molar-refractivity contribution is -0.139. The summed E-state index contributed by atoms with van der Waals surface area (Å²) in [7, 11) is 0. The van der Waals surface area contributed by atoms with E-state index in [2.05, 4.69) is 4.99 Å². The van der Waals surface area contributed by atoms with Gasteiger partial charge in [-0.1, -0.05) is 60.3 Å². The summed E-state index contributed by atoms with van der Waals surface area (Å²) < 4.78 is 0. The molecule has 25 heavy (non-hydrogen) atoms. The Labute approximate surface area is 150 Å². The molecule has 0 bridgehead atoms. The molecule has 2 aromatic rings. The van der Waals surface area contributed by atoms with Gasteiger partial charge in [0, 0.05) is 6.54 Å². The van der Waals surface area contributed by atoms with E-state index in [4.69, 9.17) is 0 Å². The number of carbonyl (C=O) groups excluding carboxylic acids is 1. The Morgan fingerprint density at radius 2 is 1.76 bits per heavy atom. The number of carbonyl (C=O) groups is 2. The van der Waals surface area contributed by atoms with E-state index in [1.807, 2.05) is 60.7 Å². The van der Waals surface area contributed by atoms with Crippen LogP contribution in [0.15, 0.2) is 65.7 Å². The smallest absolute Gasteiger partial charge is 0.317 e. The molecule has 6 heteroatoms. The first kappa shape index (κ1) is 17.2. The summed E-state index contributed by atoms with van der Waals surface area (Å²) in [6.45, 7) is 0.480. The SMILES string of the molecule is O=C(O)[C@@H]1CC(=O)N(CCc2ccccc2)C(=Nc2ccccc2)S1. The van der Waals surface area contributed by atoms with E-state index in [1.165, 1.54) is 0 Å². The van der Waals surface area contributed by atoms with E-state index < -0.39 is 11.2 Å². The molecule has 0 radical (unpaired) electrons. The number of amides is 1. The van der Waals surface area contributed by atoms with Crippen LogP contribution in [0.2, 0.25) is 0 Å². The van der Waals surface area contributed by atoms with Crippen LogP contribution in [-0.4, -0.2) is 38.8 Å². The second-order valence-electron chi connectivity index (χ2n) is 5.66. The van der Waals surface area contributed by atoms with Crippen molar-refractivity contribution in [3.8, 4) is 0 Å². The fourth-order valence-electron chi connectivity index (χ4n) is 2.55. The van der Waals surface area contributed by atoms with E-state index in [0.717, 1.165) is 17.3 Å². The van der Waals surface area contributed by atoms with Gasteiger partial charge in [-0.05, 0) is 24.1 Å². The molecule has 0 aromatic heterocycles. The van der Waals surface area contributed by atoms with Gasteiger partial charge in [-0.15, -0.1) is 0 Å². The molecule has 1 atom stereocenters. The van der Waals surface area contributed by atoms with E-state index >= 15 is 0 Å². The van der Waals surface area contributed by atoms with E-state index in [-0.39, 0.29) is 12.3 Å². The topological polar surface area (TPSA) is 70.0 Å². The lowest BCUT2D eigenvalue weighted by Crippen LogP contribution is -2.44. The van der Waals surface area contributed by atoms with E-state index in [9.17, 15) is 14.7 Å². The first-order valence-corrected chi connectivity index (χ1v) is 8.89. The van der Waals surface area contributed by atoms with Crippen LogP contribution in [0, 0.1) is 0 Å². The predicted octanol–water partition coefficient (Wildman–Crippen LogP) is 3.34. The highest BCUT2D eigenvalue weighted by molar-refractivity contribution is 8.15. The van der Waals surface area contributed by atoms with Crippen LogP contribution in [0.25, 0.3) is 0 Å². The molecule has 0 aliphatic carbocycles. The van der Waals surface area contributed by atoms with Crippen molar-refractivity contribution < 1.29 is 14.7 Å². The van der Waals surface area contributed by atoms with Gasteiger partial charge in [0.2, 0.25) is 5.91 Å². The van der Waals surface area contributed by atoms with Gasteiger partial charge < -0.3 is 5.11 Å². The van der Waals surface area contributed by atoms with Crippen molar-refractivity contribution in [3.63, 3.8) is 0 Å². The van der Waals surface area contributed by atoms with Gasteiger partial charge in [0.1, 0.15) is 5.25 Å². The second kappa shape index (κ2) is 7.98. The van der Waals surface area contributed by atoms with Gasteiger partial charge >= 0.3 is 5.97 Å². The van der Waals surface area contributed by atoms with Gasteiger partial charge in [-0.2, -0.15) is 0 Å². The number of nitrogens with zero attached hydrogens (tertiary/aromatic N) is 2. The summed E-state index contributed by atoms with van der Waals surface area (Å²) in [6, 6.07) is 19.2. The zero-order chi connectivity index (χ0) is 17.6. The highest BCUT2D eigenvalue weighted by atomic mass is 32.2. The largest absolute Gasteiger partial charge is 0.480 e. The number of hydrogen-bond donors (Lipinski definition) is 1. The number of benzene rings is 2. The Bertz CT molecular complexity index is 778. The fraction of sp³-hybridized carbons (Fsp3) is 0.211. The molecule has 1 amide bonds. The third-order valence-corrected chi connectivity index (χ3v) is 5.04. The number of carboxylic acids is 1. The quantitative estimate of drug-likeness (QED) is 0.894. The maximum atomic E-state index is 12.5. The summed E-state index contributed by atoms with van der Waals surface area (Å²) >= 11 is 1.14. The highest BCUT2D eigenvalue weighted by Gasteiger charge is 2.35. The monoisotopic (exact) mass is 354 g/mol. The molecule has 1 heterocycles. The standard InChI is InChI=1S/C19H18N2O3S/c22-17-13-16(18(23)24)25-19(20-15-9-5-2-6-10-15)21(17)12-11-14-7-3-1-4-8-14/h1-10,16H,11-13H2,(H,23,24)/t16-/m0/s1. The van der Waals surface area contributed by atoms with E-state index in [1.54, 1.807) is 4.90 Å². The minimum atomic E-state index is -0.984. The fourth-order valence-corrected chi connectivity index (χ4v) is 3.61. The first-order chi connectivity index (χ1) is 12.1. The van der Waals surface area contributed by atoms with Gasteiger partial charge in [-0.25, -0.2) is 4.99 Å². The van der Waals surface area contributed by atoms with Crippen LogP contribution in [0.5, 0.6) is 0 Å². The maximum absolute atomic E-state index is 12.5. The average molecular weight is 354 g/mol. The molecular weight excluding hydrogens is 336 g/mol. The number of amidine groups is 1. The Morgan fingerprint density at radius 3 is 2.40 bits per heavy atom. The highest BCUT2D eigenvalue weighted by Crippen LogP contribution is 2.29. The first-order valence-electron chi connectivity index (χ1n) is 8.01. The Kier molecular flexibility index (Phi) is 5.50. The summed E-state index contributed by atoms with van der Waals surface area (Å²) in [6.07, 6.45) is 0.682. The van der Waals surface area contributed by atoms with Crippen LogP contribution >= 0.6 is 11.8 Å². The normalized spacial score (nSPS) is 19.2. The van der Waals surface area contributed by atoms with Crippen LogP contribution in [0.4, 0.5) is 5.69 Å². The molecule has 1 fully saturated rings. The Morgan fingerprint density at radius 1 is 1.12 bits per heavy atom. The second-order valence-corrected chi connectivity index (χ2v) is 6.83. The molecule has 0 saturated carbocycles. The van der Waals surface area contributed by atoms with Crippen molar-refractivity contribution >= 4 is 34.5 Å². The number of rotatable bonds is 5. The molecule has 1 aliphatic heterocycles. The molecule has 0 unspecified atom stereocenters. The van der Waals surface area contributed by atoms with Gasteiger partial charge in [0.15, 0.2) is 5.17 Å². The van der Waals surface area contributed by atoms with Crippen molar-refractivity contribution in [1.29, 1.82) is 0 Å². The average Bonchev–Trinajstić information content (AvgIpc) is 2.62. The zero-order valence-corrected chi connectivity index (χ0v) is 14.4. The lowest BCUT2D eigenvalue weighted by atomic mass is 10.1. The number of hydrogen-bond acceptors (Lipinski definition) is 4. The Hall–Kier alpha value is -2.60. The summed E-state index contributed by atoms with van der Waals surface area (Å²) in [5.41, 5.74) is 1.83. The minimum Gasteiger partial charge on any atom is -0.480 e. The van der Waals surface area contributed by atoms with Crippen LogP contribution in [0.3, 0.4) is 0 Å². The molecule has 1 saturated heterocycles. The number of aliphatic carboxylic acids is 1. The zero-order valence-electron chi connectivity index (χ0n) is 13.5. The van der Waals surface area contributed by atoms with Crippen molar-refractivity contribution in [2.24, 2.45) is 4.99 Å². The number of aliphatic imine (C=N–C) groups is 1. The summed E-state index contributed by atoms with van der Waals surface area (Å²) in [5.74, 6) is -1.18. The molecule has 3 rings (SSSR count). The molecular formula is C19H18N2O3S. The van der Waals surface area contributed by atoms with Crippen molar-refractivity contribution in [1.82, 2.24) is 4.90 Å². The number of thioether (sulfide) groups is 1. The lowest BCUT2D eigenvalue weighted by Gasteiger charge is -2.30. The van der Waals surface area contributed by atoms with Crippen LogP contribution < -0.4 is 0 Å². The van der Waals surface area contributed by atoms with Crippen molar-refractivity contribution in [3.05, 3.63) is 66.2 Å². The van der Waals surface area contributed by atoms with Gasteiger partial charge in [0.25, 0.3) is 0 Å². The molecule has 1 N–H and O–H groups in total. The number of para-hydroxylation sites is 1. The molecule has 1 aliphatic rings. The molecule has 5 nitrogen and oxygen atoms in total. The summed E-state index contributed by atoms with van der Waals surface area (Å²) in [4.78, 5) is 30.0. The maximum Gasteiger partial charge on any atom is 0.317 e. The third kappa shape index (κ3) is 4.48. The van der Waals surface area contributed by atoms with Gasteiger partial charge in [-0.3, -0.25) is 14.5 Å². The number of carboxylic acid groups (broad SMARTS) is 1. The third-order valence-electron chi connectivity index (χ3n) is 3.86. The molecule has 2 aromatic carbocycles. The summed E-state index contributed by atoms with van der Waals surface area (Å²) in [5, 5.41) is 8.95. The predicted molar refractivity (Wildman–Crippen MR) is 99.0 cm³/mol. The minimum absolute atomic E-state index is 0.0113. The van der Waals surface area contributed by atoms with Crippen molar-refractivity contribution in [2.75, 3.05) is 6.54 Å². The van der Waals surface area contributed by atoms with Gasteiger partial charge in [0.05, 0.1) is 12.1 Å². The Balaban J connectivity index is 1.83. The van der Waals surface area contributed by atoms with Crippen molar-refractivity contribution in [2.45, 2.75) is 18.1 Å². The van der Waals surface area contributed by atoms with Crippen LogP contribution in [-0.2, 0) is 16.0 Å².